The molecule has 0 aliphatic rings. The molecule has 0 N–H and O–H groups in total. The number of rotatable bonds is 3. The quantitative estimate of drug-likeness (QED) is 0.191. The molecule has 0 aliphatic heterocycles. The highest BCUT2D eigenvalue weighted by atomic mass is 32.1. The van der Waals surface area contributed by atoms with Gasteiger partial charge in [-0.3, -0.25) is 0 Å². The summed E-state index contributed by atoms with van der Waals surface area (Å²) in [5, 5.41) is 8.78. The van der Waals surface area contributed by atoms with E-state index in [1.807, 2.05) is 42.5 Å². The zero-order valence-electron chi connectivity index (χ0n) is 25.8. The highest BCUT2D eigenvalue weighted by Gasteiger charge is 2.20. The molecule has 0 saturated carbocycles. The molecule has 0 spiro atoms. The third-order valence-corrected chi connectivity index (χ3v) is 10.7. The Bertz CT molecular complexity index is 3000. The van der Waals surface area contributed by atoms with Crippen LogP contribution < -0.4 is 0 Å². The van der Waals surface area contributed by atoms with E-state index in [9.17, 15) is 0 Å². The zero-order valence-corrected chi connectivity index (χ0v) is 26.7. The Morgan fingerprint density at radius 3 is 1.76 bits per heavy atom. The molecule has 0 radical (unpaired) electrons. The van der Waals surface area contributed by atoms with E-state index in [1.54, 1.807) is 11.3 Å². The van der Waals surface area contributed by atoms with Gasteiger partial charge in [-0.2, -0.15) is 0 Å². The van der Waals surface area contributed by atoms with Crippen LogP contribution in [0.1, 0.15) is 0 Å². The molecule has 11 rings (SSSR count). The molecular weight excluding hydrogens is 623 g/mol. The van der Waals surface area contributed by atoms with Crippen molar-refractivity contribution in [3.63, 3.8) is 0 Å². The van der Waals surface area contributed by atoms with Gasteiger partial charge in [0.2, 0.25) is 0 Å². The van der Waals surface area contributed by atoms with Crippen LogP contribution >= 0.6 is 11.3 Å². The molecule has 0 bridgehead atoms. The van der Waals surface area contributed by atoms with E-state index in [2.05, 4.69) is 97.1 Å². The summed E-state index contributed by atoms with van der Waals surface area (Å²) in [5.41, 5.74) is 6.15. The highest BCUT2D eigenvalue weighted by Crippen LogP contribution is 2.42. The van der Waals surface area contributed by atoms with Gasteiger partial charge in [0.25, 0.3) is 0 Å². The summed E-state index contributed by atoms with van der Waals surface area (Å²) in [7, 11) is 0. The first-order valence-electron chi connectivity index (χ1n) is 16.2. The van der Waals surface area contributed by atoms with Crippen molar-refractivity contribution < 1.29 is 8.83 Å². The predicted molar refractivity (Wildman–Crippen MR) is 201 cm³/mol. The maximum Gasteiger partial charge on any atom is 0.164 e. The maximum absolute atomic E-state index is 6.28. The van der Waals surface area contributed by atoms with Crippen LogP contribution in [0.25, 0.3) is 109 Å². The number of para-hydroxylation sites is 2. The molecule has 6 heteroatoms. The summed E-state index contributed by atoms with van der Waals surface area (Å²) in [6.45, 7) is 0. The number of thiophene rings is 1. The lowest BCUT2D eigenvalue weighted by molar-refractivity contribution is 0.668. The minimum absolute atomic E-state index is 0.598. The van der Waals surface area contributed by atoms with E-state index in [-0.39, 0.29) is 0 Å². The molecule has 4 aromatic heterocycles. The van der Waals surface area contributed by atoms with E-state index in [4.69, 9.17) is 23.8 Å². The fourth-order valence-electron chi connectivity index (χ4n) is 7.35. The Morgan fingerprint density at radius 2 is 0.959 bits per heavy atom. The largest absolute Gasteiger partial charge is 0.456 e. The number of fused-ring (bicyclic) bond motifs is 11. The summed E-state index contributed by atoms with van der Waals surface area (Å²) >= 11 is 1.79. The second-order valence-corrected chi connectivity index (χ2v) is 13.4. The van der Waals surface area contributed by atoms with Gasteiger partial charge in [0.05, 0.1) is 0 Å². The average Bonchev–Trinajstić information content (AvgIpc) is 3.85. The maximum atomic E-state index is 6.28. The zero-order chi connectivity index (χ0) is 32.1. The van der Waals surface area contributed by atoms with Crippen molar-refractivity contribution in [2.45, 2.75) is 0 Å². The Kier molecular flexibility index (Phi) is 5.48. The summed E-state index contributed by atoms with van der Waals surface area (Å²) in [6, 6.07) is 48.0. The van der Waals surface area contributed by atoms with Crippen LogP contribution in [0.3, 0.4) is 0 Å². The topological polar surface area (TPSA) is 65.0 Å². The first-order chi connectivity index (χ1) is 24.3. The summed E-state index contributed by atoms with van der Waals surface area (Å²) in [4.78, 5) is 15.7. The Morgan fingerprint density at radius 1 is 0.388 bits per heavy atom. The molecule has 4 heterocycles. The molecule has 7 aromatic carbocycles. The predicted octanol–water partition coefficient (Wildman–Crippen LogP) is 12.2. The van der Waals surface area contributed by atoms with E-state index >= 15 is 0 Å². The smallest absolute Gasteiger partial charge is 0.164 e. The van der Waals surface area contributed by atoms with Crippen molar-refractivity contribution in [1.82, 2.24) is 15.0 Å². The lowest BCUT2D eigenvalue weighted by atomic mass is 10.0. The average molecular weight is 646 g/mol. The number of hydrogen-bond donors (Lipinski definition) is 0. The van der Waals surface area contributed by atoms with E-state index < -0.39 is 0 Å². The van der Waals surface area contributed by atoms with Crippen molar-refractivity contribution >= 4 is 86.2 Å². The van der Waals surface area contributed by atoms with Crippen LogP contribution in [0.2, 0.25) is 0 Å². The number of furan rings is 2. The van der Waals surface area contributed by atoms with Gasteiger partial charge < -0.3 is 8.83 Å². The molecule has 228 valence electrons. The second-order valence-electron chi connectivity index (χ2n) is 12.3. The molecule has 11 aromatic rings. The van der Waals surface area contributed by atoms with Gasteiger partial charge in [-0.15, -0.1) is 11.3 Å². The van der Waals surface area contributed by atoms with Crippen molar-refractivity contribution in [3.05, 3.63) is 140 Å². The molecular formula is C43H23N3O2S. The number of aromatic nitrogens is 3. The third-order valence-electron chi connectivity index (χ3n) is 9.54. The van der Waals surface area contributed by atoms with Crippen LogP contribution in [0.15, 0.2) is 148 Å². The lowest BCUT2D eigenvalue weighted by Crippen LogP contribution is -2.00. The molecule has 0 atom stereocenters. The van der Waals surface area contributed by atoms with Crippen molar-refractivity contribution in [1.29, 1.82) is 0 Å². The minimum Gasteiger partial charge on any atom is -0.456 e. The van der Waals surface area contributed by atoms with Gasteiger partial charge in [-0.25, -0.2) is 15.0 Å². The van der Waals surface area contributed by atoms with Crippen molar-refractivity contribution in [3.8, 4) is 34.2 Å². The Labute approximate surface area is 282 Å². The van der Waals surface area contributed by atoms with Crippen LogP contribution in [0.5, 0.6) is 0 Å². The van der Waals surface area contributed by atoms with Gasteiger partial charge in [0.15, 0.2) is 17.5 Å². The van der Waals surface area contributed by atoms with Crippen LogP contribution in [-0.2, 0) is 0 Å². The second kappa shape index (κ2) is 10.1. The van der Waals surface area contributed by atoms with Crippen LogP contribution in [0.4, 0.5) is 0 Å². The molecule has 5 nitrogen and oxygen atoms in total. The van der Waals surface area contributed by atoms with Gasteiger partial charge in [-0.05, 0) is 53.2 Å². The van der Waals surface area contributed by atoms with Gasteiger partial charge in [-0.1, -0.05) is 97.1 Å². The van der Waals surface area contributed by atoms with Gasteiger partial charge in [0.1, 0.15) is 22.3 Å². The van der Waals surface area contributed by atoms with E-state index in [0.29, 0.717) is 17.5 Å². The standard InChI is InChI=1S/C43H23N3O2S/c1-4-14-32-26(9-1)38-29(12-7-16-34(38)47-32)42-44-41(45-43(46-42)30-13-8-18-37-40(30)28-11-3-6-17-36(28)49-37)25-20-19-24-21-22-35-39(31(24)23-25)27-10-2-5-15-33(27)48-35/h1-23H. The fourth-order valence-corrected chi connectivity index (χ4v) is 8.48. The monoisotopic (exact) mass is 645 g/mol. The number of benzene rings is 7. The van der Waals surface area contributed by atoms with E-state index in [0.717, 1.165) is 76.7 Å². The summed E-state index contributed by atoms with van der Waals surface area (Å²) in [6.07, 6.45) is 0. The van der Waals surface area contributed by atoms with Gasteiger partial charge in [0, 0.05) is 58.4 Å². The van der Waals surface area contributed by atoms with Crippen molar-refractivity contribution in [2.24, 2.45) is 0 Å². The summed E-state index contributed by atoms with van der Waals surface area (Å²) in [5.74, 6) is 1.83. The molecule has 0 fully saturated rings. The van der Waals surface area contributed by atoms with Gasteiger partial charge >= 0.3 is 0 Å². The molecule has 49 heavy (non-hydrogen) atoms. The number of hydrogen-bond acceptors (Lipinski definition) is 6. The highest BCUT2D eigenvalue weighted by molar-refractivity contribution is 7.25. The molecule has 0 saturated heterocycles. The minimum atomic E-state index is 0.598. The lowest BCUT2D eigenvalue weighted by Gasteiger charge is -2.11. The Balaban J connectivity index is 1.22. The van der Waals surface area contributed by atoms with Crippen molar-refractivity contribution in [2.75, 3.05) is 0 Å². The molecule has 0 aliphatic carbocycles. The van der Waals surface area contributed by atoms with Crippen LogP contribution in [0, 0.1) is 0 Å². The molecule has 0 unspecified atom stereocenters. The van der Waals surface area contributed by atoms with Crippen LogP contribution in [-0.4, -0.2) is 15.0 Å². The molecule has 0 amide bonds. The third kappa shape index (κ3) is 3.95. The first-order valence-corrected chi connectivity index (χ1v) is 17.0. The number of nitrogens with zero attached hydrogens (tertiary/aromatic N) is 3. The van der Waals surface area contributed by atoms with E-state index in [1.165, 1.54) is 14.8 Å². The summed E-state index contributed by atoms with van der Waals surface area (Å²) < 4.78 is 15.0. The fraction of sp³-hybridized carbons (Fsp3) is 0. The Hall–Kier alpha value is -6.37. The first kappa shape index (κ1) is 26.7. The SMILES string of the molecule is c1ccc2c(c1)oc1cccc(-c3nc(-c4ccc5ccc6oc7ccccc7c6c5c4)nc(-c4cccc5sc6ccccc6c45)n3)c12. The normalized spacial score (nSPS) is 12.1.